The van der Waals surface area contributed by atoms with Gasteiger partial charge in [-0.25, -0.2) is 9.97 Å². The monoisotopic (exact) mass is 358 g/mol. The van der Waals surface area contributed by atoms with E-state index in [1.807, 2.05) is 22.8 Å². The molecule has 0 saturated heterocycles. The third-order valence-electron chi connectivity index (χ3n) is 4.04. The minimum atomic E-state index is 0.490. The Balaban J connectivity index is 1.69. The van der Waals surface area contributed by atoms with Crippen molar-refractivity contribution in [2.24, 2.45) is 0 Å². The maximum Gasteiger partial charge on any atom is 0.229 e. The first-order valence-electron chi connectivity index (χ1n) is 8.50. The fourth-order valence-electron chi connectivity index (χ4n) is 3.01. The zero-order chi connectivity index (χ0) is 18.8. The van der Waals surface area contributed by atoms with Gasteiger partial charge in [-0.2, -0.15) is 9.71 Å². The van der Waals surface area contributed by atoms with E-state index >= 15 is 0 Å². The summed E-state index contributed by atoms with van der Waals surface area (Å²) < 4.78 is 2.57. The van der Waals surface area contributed by atoms with Crippen LogP contribution in [0, 0.1) is 19.1 Å². The van der Waals surface area contributed by atoms with Gasteiger partial charge >= 0.3 is 0 Å². The predicted molar refractivity (Wildman–Crippen MR) is 103 cm³/mol. The summed E-state index contributed by atoms with van der Waals surface area (Å²) >= 11 is 0. The van der Waals surface area contributed by atoms with Gasteiger partial charge in [0.25, 0.3) is 0 Å². The van der Waals surface area contributed by atoms with Crippen LogP contribution in [0.1, 0.15) is 11.1 Å². The van der Waals surface area contributed by atoms with Crippen LogP contribution in [0.4, 0.5) is 11.6 Å². The zero-order valence-corrected chi connectivity index (χ0v) is 15.0. The molecule has 134 valence electrons. The van der Waals surface area contributed by atoms with Crippen molar-refractivity contribution in [3.63, 3.8) is 0 Å². The van der Waals surface area contributed by atoms with Crippen LogP contribution in [0.3, 0.4) is 0 Å². The predicted octanol–water partition coefficient (Wildman–Crippen LogP) is 3.32. The Kier molecular flexibility index (Phi) is 4.25. The van der Waals surface area contributed by atoms with Crippen LogP contribution in [0.15, 0.2) is 67.4 Å². The third kappa shape index (κ3) is 3.62. The van der Waals surface area contributed by atoms with Crippen molar-refractivity contribution >= 4 is 11.6 Å². The molecule has 1 N–H and O–H groups in total. The molecule has 0 spiro atoms. The summed E-state index contributed by atoms with van der Waals surface area (Å²) in [7, 11) is 0. The Bertz CT molecular complexity index is 1080. The second kappa shape index (κ2) is 6.87. The van der Waals surface area contributed by atoms with Gasteiger partial charge in [-0.1, -0.05) is 6.07 Å². The summed E-state index contributed by atoms with van der Waals surface area (Å²) in [5.41, 5.74) is 3.98. The van der Waals surface area contributed by atoms with E-state index in [-0.39, 0.29) is 0 Å². The van der Waals surface area contributed by atoms with Gasteiger partial charge in [-0.05, 0) is 49.2 Å². The molecular weight excluding hydrogens is 340 g/mol. The first-order chi connectivity index (χ1) is 13.1. The number of aromatic nitrogens is 5. The number of benzene rings is 1. The first kappa shape index (κ1) is 16.7. The number of nitrogens with zero attached hydrogens (tertiary/aromatic N) is 5. The summed E-state index contributed by atoms with van der Waals surface area (Å²) in [6, 6.07) is 11.5. The molecule has 3 aromatic heterocycles. The molecule has 1 aromatic carbocycles. The topological polar surface area (TPSA) is 82.6 Å². The second-order valence-electron chi connectivity index (χ2n) is 6.31. The van der Waals surface area contributed by atoms with E-state index in [9.17, 15) is 5.21 Å². The van der Waals surface area contributed by atoms with Gasteiger partial charge in [0.2, 0.25) is 5.95 Å². The number of imidazole rings is 1. The van der Waals surface area contributed by atoms with Crippen LogP contribution in [0.25, 0.3) is 17.2 Å². The number of nitrogens with one attached hydrogen (secondary N) is 1. The van der Waals surface area contributed by atoms with Crippen molar-refractivity contribution in [2.45, 2.75) is 13.8 Å². The molecule has 27 heavy (non-hydrogen) atoms. The lowest BCUT2D eigenvalue weighted by atomic mass is 10.1. The fraction of sp³-hybridized carbons (Fsp3) is 0.100. The molecule has 0 atom stereocenters. The molecule has 0 radical (unpaired) electrons. The van der Waals surface area contributed by atoms with Gasteiger partial charge in [0.15, 0.2) is 18.2 Å². The van der Waals surface area contributed by atoms with E-state index in [2.05, 4.69) is 40.2 Å². The van der Waals surface area contributed by atoms with E-state index < -0.39 is 0 Å². The minimum absolute atomic E-state index is 0.490. The van der Waals surface area contributed by atoms with Crippen molar-refractivity contribution in [1.29, 1.82) is 0 Å². The van der Waals surface area contributed by atoms with Crippen LogP contribution in [-0.2, 0) is 0 Å². The normalized spacial score (nSPS) is 10.7. The van der Waals surface area contributed by atoms with Gasteiger partial charge in [0.05, 0.1) is 5.56 Å². The van der Waals surface area contributed by atoms with Crippen LogP contribution < -0.4 is 10.0 Å². The molecule has 7 nitrogen and oxygen atoms in total. The number of hydrogen-bond donors (Lipinski definition) is 1. The quantitative estimate of drug-likeness (QED) is 0.447. The standard InChI is InChI=1S/C20H18N6O/c1-14-10-15(2)12-17(11-14)23-20-22-6-5-18(24-20)26-9-7-21-19(26)16-4-3-8-25(27)13-16/h3-13H,1-2H3,(H,22,23,24). The minimum Gasteiger partial charge on any atom is -0.619 e. The highest BCUT2D eigenvalue weighted by atomic mass is 16.5. The maximum absolute atomic E-state index is 11.6. The molecule has 0 amide bonds. The average Bonchev–Trinajstić information content (AvgIpc) is 3.11. The molecule has 4 rings (SSSR count). The summed E-state index contributed by atoms with van der Waals surface area (Å²) in [5, 5.41) is 14.8. The number of aryl methyl sites for hydroxylation is 2. The van der Waals surface area contributed by atoms with E-state index in [0.29, 0.717) is 23.2 Å². The van der Waals surface area contributed by atoms with Crippen LogP contribution in [-0.4, -0.2) is 19.5 Å². The van der Waals surface area contributed by atoms with Gasteiger partial charge in [-0.3, -0.25) is 4.57 Å². The van der Waals surface area contributed by atoms with Gasteiger partial charge in [0.1, 0.15) is 5.82 Å². The van der Waals surface area contributed by atoms with Crippen molar-refractivity contribution < 1.29 is 4.73 Å². The molecule has 3 heterocycles. The van der Waals surface area contributed by atoms with E-state index in [1.165, 1.54) is 23.5 Å². The molecule has 0 aliphatic heterocycles. The maximum atomic E-state index is 11.6. The number of anilines is 2. The molecule has 7 heteroatoms. The van der Waals surface area contributed by atoms with E-state index in [1.54, 1.807) is 30.7 Å². The van der Waals surface area contributed by atoms with Crippen molar-refractivity contribution in [1.82, 2.24) is 19.5 Å². The molecule has 0 unspecified atom stereocenters. The highest BCUT2D eigenvalue weighted by molar-refractivity contribution is 5.58. The van der Waals surface area contributed by atoms with E-state index in [0.717, 1.165) is 10.4 Å². The molecule has 4 aromatic rings. The zero-order valence-electron chi connectivity index (χ0n) is 15.0. The van der Waals surface area contributed by atoms with Crippen molar-refractivity contribution in [3.8, 4) is 17.2 Å². The Morgan fingerprint density at radius 1 is 1.04 bits per heavy atom. The SMILES string of the molecule is Cc1cc(C)cc(Nc2nccc(-n3ccnc3-c3ccc[n+]([O-])c3)n2)c1. The van der Waals surface area contributed by atoms with Gasteiger partial charge in [0, 0.05) is 30.3 Å². The third-order valence-corrected chi connectivity index (χ3v) is 4.04. The number of pyridine rings is 1. The van der Waals surface area contributed by atoms with Crippen LogP contribution >= 0.6 is 0 Å². The molecule has 0 saturated carbocycles. The Hall–Kier alpha value is -3.74. The summed E-state index contributed by atoms with van der Waals surface area (Å²) in [5.74, 6) is 1.78. The molecule has 0 fully saturated rings. The number of hydrogen-bond acceptors (Lipinski definition) is 5. The Labute approximate surface area is 156 Å². The molecule has 0 bridgehead atoms. The summed E-state index contributed by atoms with van der Waals surface area (Å²) in [4.78, 5) is 13.3. The largest absolute Gasteiger partial charge is 0.619 e. The van der Waals surface area contributed by atoms with Crippen molar-refractivity contribution in [3.05, 3.63) is 83.7 Å². The smallest absolute Gasteiger partial charge is 0.229 e. The van der Waals surface area contributed by atoms with Gasteiger partial charge < -0.3 is 10.5 Å². The lowest BCUT2D eigenvalue weighted by Gasteiger charge is -2.10. The molecule has 0 aliphatic rings. The molecular formula is C20H18N6O. The lowest BCUT2D eigenvalue weighted by molar-refractivity contribution is -0.604. The van der Waals surface area contributed by atoms with Crippen molar-refractivity contribution in [2.75, 3.05) is 5.32 Å². The average molecular weight is 358 g/mol. The molecule has 0 aliphatic carbocycles. The Morgan fingerprint density at radius 2 is 1.85 bits per heavy atom. The van der Waals surface area contributed by atoms with Crippen LogP contribution in [0.2, 0.25) is 0 Å². The van der Waals surface area contributed by atoms with E-state index in [4.69, 9.17) is 0 Å². The van der Waals surface area contributed by atoms with Gasteiger partial charge in [-0.15, -0.1) is 0 Å². The highest BCUT2D eigenvalue weighted by Gasteiger charge is 2.12. The van der Waals surface area contributed by atoms with Crippen LogP contribution in [0.5, 0.6) is 0 Å². The lowest BCUT2D eigenvalue weighted by Crippen LogP contribution is -2.24. The summed E-state index contributed by atoms with van der Waals surface area (Å²) in [6.45, 7) is 4.10. The summed E-state index contributed by atoms with van der Waals surface area (Å²) in [6.07, 6.45) is 8.09. The fourth-order valence-corrected chi connectivity index (χ4v) is 3.01. The Morgan fingerprint density at radius 3 is 2.63 bits per heavy atom. The number of rotatable bonds is 4. The highest BCUT2D eigenvalue weighted by Crippen LogP contribution is 2.21. The first-order valence-corrected chi connectivity index (χ1v) is 8.50. The second-order valence-corrected chi connectivity index (χ2v) is 6.31.